The Bertz CT molecular complexity index is 279. The third-order valence-corrected chi connectivity index (χ3v) is 5.91. The third kappa shape index (κ3) is 4.21. The lowest BCUT2D eigenvalue weighted by Gasteiger charge is -2.42. The molecule has 2 saturated heterocycles. The summed E-state index contributed by atoms with van der Waals surface area (Å²) in [6, 6.07) is 0.722. The van der Waals surface area contributed by atoms with Crippen LogP contribution in [0.25, 0.3) is 0 Å². The van der Waals surface area contributed by atoms with Crippen molar-refractivity contribution in [2.45, 2.75) is 59.9 Å². The van der Waals surface area contributed by atoms with Gasteiger partial charge in [0.25, 0.3) is 0 Å². The quantitative estimate of drug-likeness (QED) is 0.774. The Morgan fingerprint density at radius 1 is 0.950 bits per heavy atom. The van der Waals surface area contributed by atoms with Crippen LogP contribution in [0.4, 0.5) is 0 Å². The molecule has 20 heavy (non-hydrogen) atoms. The van der Waals surface area contributed by atoms with Crippen LogP contribution < -0.4 is 0 Å². The molecule has 2 aliphatic rings. The second kappa shape index (κ2) is 7.26. The van der Waals surface area contributed by atoms with Crippen molar-refractivity contribution in [1.29, 1.82) is 0 Å². The molecule has 0 aromatic rings. The van der Waals surface area contributed by atoms with Gasteiger partial charge in [0.1, 0.15) is 0 Å². The molecule has 2 heterocycles. The van der Waals surface area contributed by atoms with Gasteiger partial charge in [-0.3, -0.25) is 0 Å². The van der Waals surface area contributed by atoms with Gasteiger partial charge in [-0.25, -0.2) is 0 Å². The van der Waals surface area contributed by atoms with Crippen molar-refractivity contribution in [3.8, 4) is 0 Å². The zero-order chi connectivity index (χ0) is 14.7. The molecule has 0 saturated carbocycles. The van der Waals surface area contributed by atoms with E-state index in [1.165, 1.54) is 52.0 Å². The van der Waals surface area contributed by atoms with Crippen molar-refractivity contribution in [2.75, 3.05) is 32.7 Å². The molecule has 2 aliphatic heterocycles. The lowest BCUT2D eigenvalue weighted by molar-refractivity contribution is 0.0632. The molecule has 1 unspecified atom stereocenters. The summed E-state index contributed by atoms with van der Waals surface area (Å²) in [5, 5.41) is 0. The lowest BCUT2D eigenvalue weighted by atomic mass is 9.83. The topological polar surface area (TPSA) is 6.48 Å². The Kier molecular flexibility index (Phi) is 5.92. The van der Waals surface area contributed by atoms with Crippen molar-refractivity contribution in [1.82, 2.24) is 9.80 Å². The van der Waals surface area contributed by atoms with E-state index in [2.05, 4.69) is 44.4 Å². The zero-order valence-electron chi connectivity index (χ0n) is 14.4. The fourth-order valence-electron chi connectivity index (χ4n) is 4.10. The number of hydrogen-bond donors (Lipinski definition) is 0. The summed E-state index contributed by atoms with van der Waals surface area (Å²) in [6.07, 6.45) is 4.26. The Labute approximate surface area is 126 Å². The minimum absolute atomic E-state index is 0.722. The molecule has 0 aliphatic carbocycles. The molecular formula is C18H36N2. The number of nitrogens with zero attached hydrogens (tertiary/aromatic N) is 2. The Balaban J connectivity index is 1.75. The fraction of sp³-hybridized carbons (Fsp3) is 1.00. The second-order valence-electron chi connectivity index (χ2n) is 8.00. The maximum absolute atomic E-state index is 2.76. The Morgan fingerprint density at radius 3 is 2.10 bits per heavy atom. The molecule has 0 N–H and O–H groups in total. The van der Waals surface area contributed by atoms with Gasteiger partial charge < -0.3 is 9.80 Å². The predicted molar refractivity (Wildman–Crippen MR) is 88.0 cm³/mol. The van der Waals surface area contributed by atoms with Crippen LogP contribution in [-0.2, 0) is 0 Å². The SMILES string of the molecule is CC(C)C1CCN(CC2CCN(C(C)C)C[C@@H]2C)CC1. The van der Waals surface area contributed by atoms with Crippen LogP contribution in [0.15, 0.2) is 0 Å². The van der Waals surface area contributed by atoms with E-state index in [9.17, 15) is 0 Å². The van der Waals surface area contributed by atoms with E-state index in [4.69, 9.17) is 0 Å². The van der Waals surface area contributed by atoms with Gasteiger partial charge >= 0.3 is 0 Å². The van der Waals surface area contributed by atoms with Crippen LogP contribution in [0.5, 0.6) is 0 Å². The minimum atomic E-state index is 0.722. The molecule has 0 radical (unpaired) electrons. The van der Waals surface area contributed by atoms with Crippen LogP contribution >= 0.6 is 0 Å². The third-order valence-electron chi connectivity index (χ3n) is 5.91. The van der Waals surface area contributed by atoms with Gasteiger partial charge in [0, 0.05) is 19.1 Å². The summed E-state index contributed by atoms with van der Waals surface area (Å²) in [5.74, 6) is 3.66. The van der Waals surface area contributed by atoms with E-state index in [1.807, 2.05) is 0 Å². The highest BCUT2D eigenvalue weighted by Gasteiger charge is 2.30. The molecule has 0 aromatic carbocycles. The van der Waals surface area contributed by atoms with Crippen molar-refractivity contribution in [2.24, 2.45) is 23.7 Å². The van der Waals surface area contributed by atoms with Crippen LogP contribution in [0, 0.1) is 23.7 Å². The van der Waals surface area contributed by atoms with Crippen molar-refractivity contribution >= 4 is 0 Å². The van der Waals surface area contributed by atoms with Gasteiger partial charge in [-0.15, -0.1) is 0 Å². The first-order chi connectivity index (χ1) is 9.47. The van der Waals surface area contributed by atoms with E-state index < -0.39 is 0 Å². The second-order valence-corrected chi connectivity index (χ2v) is 8.00. The normalized spacial score (nSPS) is 31.4. The maximum Gasteiger partial charge on any atom is 0.00387 e. The fourth-order valence-corrected chi connectivity index (χ4v) is 4.10. The van der Waals surface area contributed by atoms with Crippen LogP contribution in [0.2, 0.25) is 0 Å². The summed E-state index contributed by atoms with van der Waals surface area (Å²) >= 11 is 0. The molecule has 118 valence electrons. The van der Waals surface area contributed by atoms with E-state index in [1.54, 1.807) is 0 Å². The maximum atomic E-state index is 2.76. The highest BCUT2D eigenvalue weighted by molar-refractivity contribution is 4.83. The summed E-state index contributed by atoms with van der Waals surface area (Å²) in [7, 11) is 0. The van der Waals surface area contributed by atoms with Gasteiger partial charge in [-0.2, -0.15) is 0 Å². The molecule has 2 heteroatoms. The Hall–Kier alpha value is -0.0800. The first-order valence-corrected chi connectivity index (χ1v) is 8.93. The van der Waals surface area contributed by atoms with E-state index in [0.29, 0.717) is 0 Å². The summed E-state index contributed by atoms with van der Waals surface area (Å²) in [5.41, 5.74) is 0. The monoisotopic (exact) mass is 280 g/mol. The molecular weight excluding hydrogens is 244 g/mol. The highest BCUT2D eigenvalue weighted by atomic mass is 15.2. The summed E-state index contributed by atoms with van der Waals surface area (Å²) < 4.78 is 0. The predicted octanol–water partition coefficient (Wildman–Crippen LogP) is 3.72. The standard InChI is InChI=1S/C18H36N2/c1-14(2)17-6-9-19(10-7-17)13-18-8-11-20(15(3)4)12-16(18)5/h14-18H,6-13H2,1-5H3/t16-,18?/m0/s1. The van der Waals surface area contributed by atoms with Crippen molar-refractivity contribution < 1.29 is 0 Å². The molecule has 0 spiro atoms. The van der Waals surface area contributed by atoms with Crippen molar-refractivity contribution in [3.63, 3.8) is 0 Å². The smallest absolute Gasteiger partial charge is 0.00387 e. The summed E-state index contributed by atoms with van der Waals surface area (Å²) in [4.78, 5) is 5.41. The number of piperidine rings is 2. The molecule has 2 nitrogen and oxygen atoms in total. The molecule has 0 aromatic heterocycles. The van der Waals surface area contributed by atoms with E-state index in [0.717, 1.165) is 29.7 Å². The van der Waals surface area contributed by atoms with Gasteiger partial charge in [0.05, 0.1) is 0 Å². The molecule has 0 amide bonds. The molecule has 2 fully saturated rings. The lowest BCUT2D eigenvalue weighted by Crippen LogP contribution is -2.47. The van der Waals surface area contributed by atoms with Crippen LogP contribution in [0.1, 0.15) is 53.9 Å². The van der Waals surface area contributed by atoms with Gasteiger partial charge in [-0.1, -0.05) is 20.8 Å². The minimum Gasteiger partial charge on any atom is -0.303 e. The highest BCUT2D eigenvalue weighted by Crippen LogP contribution is 2.29. The van der Waals surface area contributed by atoms with E-state index >= 15 is 0 Å². The average molecular weight is 281 g/mol. The van der Waals surface area contributed by atoms with Gasteiger partial charge in [0.2, 0.25) is 0 Å². The van der Waals surface area contributed by atoms with E-state index in [-0.39, 0.29) is 0 Å². The summed E-state index contributed by atoms with van der Waals surface area (Å²) in [6.45, 7) is 18.6. The van der Waals surface area contributed by atoms with Crippen LogP contribution in [-0.4, -0.2) is 48.6 Å². The molecule has 0 bridgehead atoms. The number of rotatable bonds is 4. The number of hydrogen-bond acceptors (Lipinski definition) is 2. The first kappa shape index (κ1) is 16.3. The van der Waals surface area contributed by atoms with Gasteiger partial charge in [0.15, 0.2) is 0 Å². The zero-order valence-corrected chi connectivity index (χ0v) is 14.4. The molecule has 2 rings (SSSR count). The average Bonchev–Trinajstić information content (AvgIpc) is 2.41. The first-order valence-electron chi connectivity index (χ1n) is 8.93. The van der Waals surface area contributed by atoms with Gasteiger partial charge in [-0.05, 0) is 76.4 Å². The Morgan fingerprint density at radius 2 is 1.60 bits per heavy atom. The van der Waals surface area contributed by atoms with Crippen LogP contribution in [0.3, 0.4) is 0 Å². The largest absolute Gasteiger partial charge is 0.303 e. The van der Waals surface area contributed by atoms with Crippen molar-refractivity contribution in [3.05, 3.63) is 0 Å². The molecule has 2 atom stereocenters. The number of likely N-dealkylation sites (tertiary alicyclic amines) is 2.